The summed E-state index contributed by atoms with van der Waals surface area (Å²) in [5.74, 6) is 1.26. The molecule has 4 rings (SSSR count). The van der Waals surface area contributed by atoms with Crippen LogP contribution >= 0.6 is 0 Å². The highest BCUT2D eigenvalue weighted by Crippen LogP contribution is 2.23. The number of imidazole rings is 1. The lowest BCUT2D eigenvalue weighted by molar-refractivity contribution is 0.385. The third-order valence-corrected chi connectivity index (χ3v) is 7.31. The molecule has 0 N–H and O–H groups in total. The molecular formula is C25H26N4O3S. The summed E-state index contributed by atoms with van der Waals surface area (Å²) >= 11 is 0. The predicted octanol–water partition coefficient (Wildman–Crippen LogP) is 4.03. The molecule has 0 aliphatic rings. The molecule has 8 heteroatoms. The lowest BCUT2D eigenvalue weighted by Crippen LogP contribution is -2.31. The van der Waals surface area contributed by atoms with Gasteiger partial charge in [-0.25, -0.2) is 13.4 Å². The van der Waals surface area contributed by atoms with Crippen LogP contribution in [0.1, 0.15) is 22.5 Å². The van der Waals surface area contributed by atoms with E-state index in [1.54, 1.807) is 56.0 Å². The van der Waals surface area contributed by atoms with Crippen LogP contribution in [0.3, 0.4) is 0 Å². The summed E-state index contributed by atoms with van der Waals surface area (Å²) in [5, 5.41) is 0. The van der Waals surface area contributed by atoms with Gasteiger partial charge in [-0.1, -0.05) is 30.3 Å². The second-order valence-corrected chi connectivity index (χ2v) is 9.65. The zero-order chi connectivity index (χ0) is 23.3. The predicted molar refractivity (Wildman–Crippen MR) is 126 cm³/mol. The third-order valence-electron chi connectivity index (χ3n) is 5.50. The summed E-state index contributed by atoms with van der Waals surface area (Å²) in [6.45, 7) is 2.99. The number of ether oxygens (including phenoxy) is 1. The van der Waals surface area contributed by atoms with Crippen LogP contribution in [0, 0.1) is 6.92 Å². The van der Waals surface area contributed by atoms with Gasteiger partial charge in [-0.2, -0.15) is 4.31 Å². The lowest BCUT2D eigenvalue weighted by Gasteiger charge is -2.23. The summed E-state index contributed by atoms with van der Waals surface area (Å²) in [4.78, 5) is 8.81. The van der Waals surface area contributed by atoms with Crippen LogP contribution in [0.4, 0.5) is 0 Å². The first-order chi connectivity index (χ1) is 16.0. The highest BCUT2D eigenvalue weighted by molar-refractivity contribution is 7.89. The molecule has 7 nitrogen and oxygen atoms in total. The Morgan fingerprint density at radius 2 is 1.76 bits per heavy atom. The van der Waals surface area contributed by atoms with Gasteiger partial charge in [0.05, 0.1) is 18.6 Å². The molecule has 0 fully saturated rings. The Balaban J connectivity index is 1.66. The lowest BCUT2D eigenvalue weighted by atomic mass is 10.1. The van der Waals surface area contributed by atoms with Crippen LogP contribution in [0.25, 0.3) is 0 Å². The minimum atomic E-state index is -3.80. The SMILES string of the molecule is COc1ccc(S(=O)(=O)N(Cc2cccnc2)Cc2nccn2Cc2ccccc2C)cc1. The molecule has 0 aliphatic heterocycles. The maximum Gasteiger partial charge on any atom is 0.243 e. The van der Waals surface area contributed by atoms with Crippen molar-refractivity contribution in [1.82, 2.24) is 18.8 Å². The van der Waals surface area contributed by atoms with Gasteiger partial charge in [-0.3, -0.25) is 4.98 Å². The number of benzene rings is 2. The van der Waals surface area contributed by atoms with Crippen molar-refractivity contribution in [3.63, 3.8) is 0 Å². The molecule has 2 aromatic carbocycles. The van der Waals surface area contributed by atoms with Crippen molar-refractivity contribution in [1.29, 1.82) is 0 Å². The maximum atomic E-state index is 13.6. The van der Waals surface area contributed by atoms with Crippen LogP contribution < -0.4 is 4.74 Å². The van der Waals surface area contributed by atoms with Gasteiger partial charge < -0.3 is 9.30 Å². The summed E-state index contributed by atoms with van der Waals surface area (Å²) in [6.07, 6.45) is 6.93. The molecule has 0 saturated heterocycles. The monoisotopic (exact) mass is 462 g/mol. The third kappa shape index (κ3) is 5.30. The number of methoxy groups -OCH3 is 1. The molecule has 2 aromatic heterocycles. The Morgan fingerprint density at radius 3 is 2.45 bits per heavy atom. The summed E-state index contributed by atoms with van der Waals surface area (Å²) < 4.78 is 35.8. The van der Waals surface area contributed by atoms with E-state index in [4.69, 9.17) is 4.74 Å². The molecule has 0 radical (unpaired) electrons. The highest BCUT2D eigenvalue weighted by Gasteiger charge is 2.26. The number of rotatable bonds is 9. The zero-order valence-corrected chi connectivity index (χ0v) is 19.4. The van der Waals surface area contributed by atoms with Gasteiger partial charge >= 0.3 is 0 Å². The fraction of sp³-hybridized carbons (Fsp3) is 0.200. The zero-order valence-electron chi connectivity index (χ0n) is 18.6. The fourth-order valence-corrected chi connectivity index (χ4v) is 4.96. The smallest absolute Gasteiger partial charge is 0.243 e. The minimum Gasteiger partial charge on any atom is -0.497 e. The van der Waals surface area contributed by atoms with E-state index >= 15 is 0 Å². The van der Waals surface area contributed by atoms with Crippen molar-refractivity contribution in [3.8, 4) is 5.75 Å². The molecule has 170 valence electrons. The van der Waals surface area contributed by atoms with E-state index in [-0.39, 0.29) is 18.0 Å². The molecule has 2 heterocycles. The first kappa shape index (κ1) is 22.7. The van der Waals surface area contributed by atoms with E-state index in [1.165, 1.54) is 9.87 Å². The molecule has 4 aromatic rings. The Bertz CT molecular complexity index is 1300. The van der Waals surface area contributed by atoms with Crippen molar-refractivity contribution >= 4 is 10.0 Å². The molecule has 0 saturated carbocycles. The first-order valence-corrected chi connectivity index (χ1v) is 12.0. The second-order valence-electron chi connectivity index (χ2n) is 7.71. The first-order valence-electron chi connectivity index (χ1n) is 10.5. The summed E-state index contributed by atoms with van der Waals surface area (Å²) in [5.41, 5.74) is 3.13. The van der Waals surface area contributed by atoms with Crippen LogP contribution in [-0.2, 0) is 29.7 Å². The Kier molecular flexibility index (Phi) is 6.86. The van der Waals surface area contributed by atoms with Crippen LogP contribution in [0.5, 0.6) is 5.75 Å². The minimum absolute atomic E-state index is 0.127. The second kappa shape index (κ2) is 9.97. The normalized spacial score (nSPS) is 11.6. The number of nitrogens with zero attached hydrogens (tertiary/aromatic N) is 4. The van der Waals surface area contributed by atoms with Gasteiger partial charge in [-0.15, -0.1) is 0 Å². The van der Waals surface area contributed by atoms with Crippen molar-refractivity contribution in [2.75, 3.05) is 7.11 Å². The molecule has 0 atom stereocenters. The van der Waals surface area contributed by atoms with E-state index in [0.717, 1.165) is 11.1 Å². The molecule has 0 bridgehead atoms. The van der Waals surface area contributed by atoms with Crippen LogP contribution in [-0.4, -0.2) is 34.4 Å². The van der Waals surface area contributed by atoms with Crippen LogP contribution in [0.15, 0.2) is 90.3 Å². The Hall–Kier alpha value is -3.49. The van der Waals surface area contributed by atoms with Gasteiger partial charge in [0.25, 0.3) is 0 Å². The van der Waals surface area contributed by atoms with Crippen LogP contribution in [0.2, 0.25) is 0 Å². The van der Waals surface area contributed by atoms with Crippen molar-refractivity contribution < 1.29 is 13.2 Å². The number of aryl methyl sites for hydroxylation is 1. The number of aromatic nitrogens is 3. The van der Waals surface area contributed by atoms with Gasteiger partial charge in [0.15, 0.2) is 0 Å². The van der Waals surface area contributed by atoms with Crippen molar-refractivity contribution in [2.24, 2.45) is 0 Å². The van der Waals surface area contributed by atoms with E-state index in [0.29, 0.717) is 18.1 Å². The molecule has 0 aliphatic carbocycles. The van der Waals surface area contributed by atoms with Crippen molar-refractivity contribution in [2.45, 2.75) is 31.5 Å². The quantitative estimate of drug-likeness (QED) is 0.375. The largest absolute Gasteiger partial charge is 0.497 e. The van der Waals surface area contributed by atoms with E-state index in [9.17, 15) is 8.42 Å². The molecule has 33 heavy (non-hydrogen) atoms. The summed E-state index contributed by atoms with van der Waals surface area (Å²) in [7, 11) is -2.25. The number of hydrogen-bond acceptors (Lipinski definition) is 5. The summed E-state index contributed by atoms with van der Waals surface area (Å²) in [6, 6.07) is 18.2. The average molecular weight is 463 g/mol. The number of hydrogen-bond donors (Lipinski definition) is 0. The number of pyridine rings is 1. The molecular weight excluding hydrogens is 436 g/mol. The van der Waals surface area contributed by atoms with Gasteiger partial charge in [-0.05, 0) is 53.9 Å². The Morgan fingerprint density at radius 1 is 0.970 bits per heavy atom. The van der Waals surface area contributed by atoms with E-state index in [1.807, 2.05) is 29.0 Å². The topological polar surface area (TPSA) is 77.3 Å². The number of sulfonamides is 1. The van der Waals surface area contributed by atoms with E-state index in [2.05, 4.69) is 29.0 Å². The average Bonchev–Trinajstić information content (AvgIpc) is 3.27. The van der Waals surface area contributed by atoms with Gasteiger partial charge in [0, 0.05) is 37.9 Å². The molecule has 0 unspecified atom stereocenters. The molecule has 0 amide bonds. The molecule has 0 spiro atoms. The van der Waals surface area contributed by atoms with Gasteiger partial charge in [0.2, 0.25) is 10.0 Å². The fourth-order valence-electron chi connectivity index (χ4n) is 3.58. The van der Waals surface area contributed by atoms with Gasteiger partial charge in [0.1, 0.15) is 11.6 Å². The van der Waals surface area contributed by atoms with Crippen molar-refractivity contribution in [3.05, 3.63) is 108 Å². The Labute approximate surface area is 194 Å². The highest BCUT2D eigenvalue weighted by atomic mass is 32.2. The standard InChI is InChI=1S/C25H26N4O3S/c1-20-6-3-4-8-22(20)18-28-15-14-27-25(28)19-29(17-21-7-5-13-26-16-21)33(30,31)24-11-9-23(32-2)10-12-24/h3-16H,17-19H2,1-2H3. The maximum absolute atomic E-state index is 13.6. The van der Waals surface area contributed by atoms with E-state index < -0.39 is 10.0 Å².